The Kier molecular flexibility index (Phi) is 4.78. The van der Waals surface area contributed by atoms with Gasteiger partial charge in [0.15, 0.2) is 5.76 Å². The molecule has 0 bridgehead atoms. The van der Waals surface area contributed by atoms with Crippen LogP contribution in [0.4, 0.5) is 10.5 Å². The molecule has 3 rings (SSSR count). The van der Waals surface area contributed by atoms with E-state index in [0.29, 0.717) is 48.9 Å². The molecule has 24 heavy (non-hydrogen) atoms. The Morgan fingerprint density at radius 1 is 1.29 bits per heavy atom. The standard InChI is InChI=1S/C17H26N4O3/c1-3-13-14(11(2)24-21-13)19-16(23)20-17(8-4-5-9-17)15(22)18-10-12-6-7-12/h12H,3-10H2,1-2H3,(H,18,22)(H2,19,20,23). The summed E-state index contributed by atoms with van der Waals surface area (Å²) in [6.45, 7) is 4.42. The maximum absolute atomic E-state index is 12.6. The summed E-state index contributed by atoms with van der Waals surface area (Å²) in [5.41, 5.74) is 0.513. The third kappa shape index (κ3) is 3.55. The van der Waals surface area contributed by atoms with Gasteiger partial charge in [-0.3, -0.25) is 4.79 Å². The lowest BCUT2D eigenvalue weighted by Crippen LogP contribution is -2.58. The van der Waals surface area contributed by atoms with Crippen LogP contribution in [0, 0.1) is 12.8 Å². The SMILES string of the molecule is CCc1noc(C)c1NC(=O)NC1(C(=O)NCC2CC2)CCCC1. The number of aromatic nitrogens is 1. The average molecular weight is 334 g/mol. The van der Waals surface area contributed by atoms with Crippen LogP contribution in [-0.2, 0) is 11.2 Å². The molecule has 3 N–H and O–H groups in total. The van der Waals surface area contributed by atoms with E-state index in [4.69, 9.17) is 4.52 Å². The van der Waals surface area contributed by atoms with E-state index < -0.39 is 5.54 Å². The lowest BCUT2D eigenvalue weighted by Gasteiger charge is -2.29. The molecule has 3 amide bonds. The maximum Gasteiger partial charge on any atom is 0.320 e. The Balaban J connectivity index is 1.64. The van der Waals surface area contributed by atoms with Gasteiger partial charge in [0, 0.05) is 6.54 Å². The van der Waals surface area contributed by atoms with Crippen molar-refractivity contribution in [1.82, 2.24) is 15.8 Å². The van der Waals surface area contributed by atoms with E-state index in [1.807, 2.05) is 6.92 Å². The van der Waals surface area contributed by atoms with Crippen molar-refractivity contribution in [3.05, 3.63) is 11.5 Å². The number of anilines is 1. The molecule has 1 aromatic rings. The van der Waals surface area contributed by atoms with Gasteiger partial charge >= 0.3 is 6.03 Å². The molecule has 0 atom stereocenters. The highest BCUT2D eigenvalue weighted by molar-refractivity contribution is 5.96. The molecular weight excluding hydrogens is 308 g/mol. The number of hydrogen-bond donors (Lipinski definition) is 3. The second-order valence-corrected chi connectivity index (χ2v) is 6.94. The van der Waals surface area contributed by atoms with Crippen molar-refractivity contribution in [2.24, 2.45) is 5.92 Å². The minimum Gasteiger partial charge on any atom is -0.359 e. The third-order valence-corrected chi connectivity index (χ3v) is 5.00. The monoisotopic (exact) mass is 334 g/mol. The molecule has 2 aliphatic rings. The fourth-order valence-electron chi connectivity index (χ4n) is 3.30. The summed E-state index contributed by atoms with van der Waals surface area (Å²) in [7, 11) is 0. The Morgan fingerprint density at radius 3 is 2.62 bits per heavy atom. The third-order valence-electron chi connectivity index (χ3n) is 5.00. The fourth-order valence-corrected chi connectivity index (χ4v) is 3.30. The van der Waals surface area contributed by atoms with E-state index >= 15 is 0 Å². The van der Waals surface area contributed by atoms with Crippen LogP contribution >= 0.6 is 0 Å². The van der Waals surface area contributed by atoms with Crippen LogP contribution in [0.3, 0.4) is 0 Å². The van der Waals surface area contributed by atoms with Gasteiger partial charge in [0.2, 0.25) is 5.91 Å². The average Bonchev–Trinajstić information content (AvgIpc) is 3.17. The predicted molar refractivity (Wildman–Crippen MR) is 89.7 cm³/mol. The van der Waals surface area contributed by atoms with Crippen LogP contribution in [0.1, 0.15) is 56.9 Å². The van der Waals surface area contributed by atoms with Crippen molar-refractivity contribution < 1.29 is 14.1 Å². The number of amides is 3. The first-order valence-corrected chi connectivity index (χ1v) is 8.86. The van der Waals surface area contributed by atoms with Crippen molar-refractivity contribution in [3.8, 4) is 0 Å². The summed E-state index contributed by atoms with van der Waals surface area (Å²) in [5, 5.41) is 12.7. The first kappa shape index (κ1) is 16.8. The van der Waals surface area contributed by atoms with Gasteiger partial charge in [-0.1, -0.05) is 24.9 Å². The summed E-state index contributed by atoms with van der Waals surface area (Å²) in [5.74, 6) is 1.13. The molecule has 0 aliphatic heterocycles. The van der Waals surface area contributed by atoms with Gasteiger partial charge in [0.1, 0.15) is 16.9 Å². The quantitative estimate of drug-likeness (QED) is 0.745. The number of hydrogen-bond acceptors (Lipinski definition) is 4. The molecule has 0 spiro atoms. The lowest BCUT2D eigenvalue weighted by molar-refractivity contribution is -0.127. The van der Waals surface area contributed by atoms with Gasteiger partial charge in [-0.2, -0.15) is 0 Å². The van der Waals surface area contributed by atoms with Gasteiger partial charge in [-0.15, -0.1) is 0 Å². The highest BCUT2D eigenvalue weighted by Crippen LogP contribution is 2.32. The van der Waals surface area contributed by atoms with Crippen molar-refractivity contribution in [1.29, 1.82) is 0 Å². The normalized spacial score (nSPS) is 19.1. The summed E-state index contributed by atoms with van der Waals surface area (Å²) < 4.78 is 5.13. The van der Waals surface area contributed by atoms with E-state index in [-0.39, 0.29) is 11.9 Å². The van der Waals surface area contributed by atoms with E-state index in [0.717, 1.165) is 12.8 Å². The van der Waals surface area contributed by atoms with Crippen molar-refractivity contribution in [3.63, 3.8) is 0 Å². The van der Waals surface area contributed by atoms with Gasteiger partial charge in [-0.25, -0.2) is 4.79 Å². The highest BCUT2D eigenvalue weighted by Gasteiger charge is 2.43. The molecule has 1 aromatic heterocycles. The molecule has 1 heterocycles. The Morgan fingerprint density at radius 2 is 2.00 bits per heavy atom. The highest BCUT2D eigenvalue weighted by atomic mass is 16.5. The summed E-state index contributed by atoms with van der Waals surface area (Å²) >= 11 is 0. The van der Waals surface area contributed by atoms with Crippen molar-refractivity contribution in [2.75, 3.05) is 11.9 Å². The van der Waals surface area contributed by atoms with Crippen molar-refractivity contribution >= 4 is 17.6 Å². The van der Waals surface area contributed by atoms with Gasteiger partial charge in [-0.05, 0) is 44.9 Å². The Bertz CT molecular complexity index is 615. The lowest BCUT2D eigenvalue weighted by atomic mass is 9.96. The van der Waals surface area contributed by atoms with E-state index in [1.54, 1.807) is 6.92 Å². The van der Waals surface area contributed by atoms with Crippen LogP contribution in [0.15, 0.2) is 4.52 Å². The summed E-state index contributed by atoms with van der Waals surface area (Å²) in [6, 6.07) is -0.375. The summed E-state index contributed by atoms with van der Waals surface area (Å²) in [4.78, 5) is 25.1. The minimum absolute atomic E-state index is 0.0557. The first-order chi connectivity index (χ1) is 11.5. The van der Waals surface area contributed by atoms with Gasteiger partial charge in [0.25, 0.3) is 0 Å². The molecule has 0 unspecified atom stereocenters. The van der Waals surface area contributed by atoms with Crippen LogP contribution in [0.5, 0.6) is 0 Å². The Labute approximate surface area is 141 Å². The van der Waals surface area contributed by atoms with Crippen LogP contribution in [0.25, 0.3) is 0 Å². The van der Waals surface area contributed by atoms with Crippen molar-refractivity contribution in [2.45, 2.75) is 64.3 Å². The number of urea groups is 1. The molecule has 7 nitrogen and oxygen atoms in total. The zero-order chi connectivity index (χ0) is 17.2. The number of carbonyl (C=O) groups excluding carboxylic acids is 2. The molecule has 0 aromatic carbocycles. The van der Waals surface area contributed by atoms with Crippen LogP contribution in [-0.4, -0.2) is 29.2 Å². The first-order valence-electron chi connectivity index (χ1n) is 8.86. The van der Waals surface area contributed by atoms with E-state index in [2.05, 4.69) is 21.1 Å². The topological polar surface area (TPSA) is 96.3 Å². The molecule has 2 saturated carbocycles. The molecule has 0 radical (unpaired) electrons. The minimum atomic E-state index is -0.795. The smallest absolute Gasteiger partial charge is 0.320 e. The predicted octanol–water partition coefficient (Wildman–Crippen LogP) is 2.51. The van der Waals surface area contributed by atoms with E-state index in [9.17, 15) is 9.59 Å². The van der Waals surface area contributed by atoms with E-state index in [1.165, 1.54) is 12.8 Å². The molecule has 0 saturated heterocycles. The second kappa shape index (κ2) is 6.83. The number of aryl methyl sites for hydroxylation is 2. The van der Waals surface area contributed by atoms with Gasteiger partial charge < -0.3 is 20.5 Å². The zero-order valence-electron chi connectivity index (χ0n) is 14.4. The fraction of sp³-hybridized carbons (Fsp3) is 0.706. The second-order valence-electron chi connectivity index (χ2n) is 6.94. The largest absolute Gasteiger partial charge is 0.359 e. The molecule has 2 aliphatic carbocycles. The van der Waals surface area contributed by atoms with Gasteiger partial charge in [0.05, 0.1) is 0 Å². The zero-order valence-corrected chi connectivity index (χ0v) is 14.4. The Hall–Kier alpha value is -2.05. The molecule has 7 heteroatoms. The number of nitrogens with zero attached hydrogens (tertiary/aromatic N) is 1. The summed E-state index contributed by atoms with van der Waals surface area (Å²) in [6.07, 6.45) is 6.30. The molecule has 132 valence electrons. The number of nitrogens with one attached hydrogen (secondary N) is 3. The molecular formula is C17H26N4O3. The number of carbonyl (C=O) groups is 2. The van der Waals surface area contributed by atoms with Crippen LogP contribution in [0.2, 0.25) is 0 Å². The maximum atomic E-state index is 12.6. The van der Waals surface area contributed by atoms with Crippen LogP contribution < -0.4 is 16.0 Å². The number of rotatable bonds is 6. The molecule has 2 fully saturated rings.